The van der Waals surface area contributed by atoms with Gasteiger partial charge in [-0.05, 0) is 42.3 Å². The normalized spacial score (nSPS) is 16.4. The Hall–Kier alpha value is -2.91. The molecule has 0 spiro atoms. The summed E-state index contributed by atoms with van der Waals surface area (Å²) < 4.78 is 24.3. The van der Waals surface area contributed by atoms with Crippen LogP contribution < -0.4 is 15.5 Å². The number of amides is 2. The van der Waals surface area contributed by atoms with Crippen molar-refractivity contribution in [3.63, 3.8) is 0 Å². The monoisotopic (exact) mass is 417 g/mol. The van der Waals surface area contributed by atoms with Crippen molar-refractivity contribution in [2.45, 2.75) is 24.8 Å². The number of benzene rings is 2. The van der Waals surface area contributed by atoms with Gasteiger partial charge >= 0.3 is 6.09 Å². The molecule has 8 nitrogen and oxygen atoms in total. The van der Waals surface area contributed by atoms with Gasteiger partial charge < -0.3 is 15.7 Å². The standard InChI is InChI=1S/C20H23N3O5S/c1-13-12-22(20(25)26)19-11-16(5-8-18(19)23(13)14(2)24)15-3-6-17(7-4-15)29(27,28)10-9-21/h3-8,11,13H,9-10,12,21H2,1-2H3,(H,25,26)/t13-/m0/s1. The van der Waals surface area contributed by atoms with Crippen LogP contribution in [0, 0.1) is 0 Å². The van der Waals surface area contributed by atoms with E-state index >= 15 is 0 Å². The van der Waals surface area contributed by atoms with Gasteiger partial charge in [-0.1, -0.05) is 18.2 Å². The third-order valence-corrected chi connectivity index (χ3v) is 6.68. The topological polar surface area (TPSA) is 121 Å². The summed E-state index contributed by atoms with van der Waals surface area (Å²) in [5.74, 6) is -0.288. The van der Waals surface area contributed by atoms with E-state index in [9.17, 15) is 23.1 Å². The van der Waals surface area contributed by atoms with E-state index in [2.05, 4.69) is 0 Å². The number of hydrogen-bond donors (Lipinski definition) is 2. The lowest BCUT2D eigenvalue weighted by Gasteiger charge is -2.39. The van der Waals surface area contributed by atoms with E-state index in [1.165, 1.54) is 24.0 Å². The highest BCUT2D eigenvalue weighted by atomic mass is 32.2. The van der Waals surface area contributed by atoms with E-state index in [1.807, 2.05) is 0 Å². The van der Waals surface area contributed by atoms with Crippen LogP contribution in [0.3, 0.4) is 0 Å². The van der Waals surface area contributed by atoms with Crippen LogP contribution >= 0.6 is 0 Å². The molecule has 1 heterocycles. The van der Waals surface area contributed by atoms with Gasteiger partial charge in [0.2, 0.25) is 5.91 Å². The van der Waals surface area contributed by atoms with Crippen molar-refractivity contribution in [3.8, 4) is 11.1 Å². The first-order valence-corrected chi connectivity index (χ1v) is 10.8. The van der Waals surface area contributed by atoms with Gasteiger partial charge in [-0.15, -0.1) is 0 Å². The van der Waals surface area contributed by atoms with Crippen LogP contribution in [-0.2, 0) is 14.6 Å². The average Bonchev–Trinajstić information content (AvgIpc) is 2.66. The highest BCUT2D eigenvalue weighted by Crippen LogP contribution is 2.39. The Bertz CT molecular complexity index is 1050. The van der Waals surface area contributed by atoms with Crippen LogP contribution in [0.2, 0.25) is 0 Å². The average molecular weight is 417 g/mol. The minimum atomic E-state index is -3.42. The van der Waals surface area contributed by atoms with Gasteiger partial charge in [0, 0.05) is 20.0 Å². The van der Waals surface area contributed by atoms with Crippen molar-refractivity contribution in [1.29, 1.82) is 0 Å². The van der Waals surface area contributed by atoms with Gasteiger partial charge in [0.1, 0.15) is 0 Å². The number of hydrogen-bond acceptors (Lipinski definition) is 5. The molecule has 0 unspecified atom stereocenters. The van der Waals surface area contributed by atoms with Crippen molar-refractivity contribution in [2.24, 2.45) is 5.73 Å². The molecule has 1 aliphatic heterocycles. The van der Waals surface area contributed by atoms with Gasteiger partial charge in [0.15, 0.2) is 9.84 Å². The molecule has 1 aliphatic rings. The van der Waals surface area contributed by atoms with Crippen molar-refractivity contribution >= 4 is 33.2 Å². The lowest BCUT2D eigenvalue weighted by Crippen LogP contribution is -2.51. The van der Waals surface area contributed by atoms with Crippen LogP contribution in [0.4, 0.5) is 16.2 Å². The second kappa shape index (κ2) is 7.84. The molecule has 0 aliphatic carbocycles. The first-order valence-electron chi connectivity index (χ1n) is 9.13. The third kappa shape index (κ3) is 3.96. The Morgan fingerprint density at radius 1 is 1.10 bits per heavy atom. The van der Waals surface area contributed by atoms with Crippen molar-refractivity contribution in [3.05, 3.63) is 42.5 Å². The van der Waals surface area contributed by atoms with Gasteiger partial charge in [-0.25, -0.2) is 13.2 Å². The summed E-state index contributed by atoms with van der Waals surface area (Å²) in [6.45, 7) is 3.46. The smallest absolute Gasteiger partial charge is 0.411 e. The van der Waals surface area contributed by atoms with Crippen LogP contribution in [0.5, 0.6) is 0 Å². The van der Waals surface area contributed by atoms with Gasteiger partial charge in [0.25, 0.3) is 0 Å². The van der Waals surface area contributed by atoms with Gasteiger partial charge in [-0.3, -0.25) is 9.69 Å². The molecular weight excluding hydrogens is 394 g/mol. The molecule has 2 amide bonds. The maximum atomic E-state index is 12.1. The predicted molar refractivity (Wildman–Crippen MR) is 111 cm³/mol. The Morgan fingerprint density at radius 2 is 1.72 bits per heavy atom. The SMILES string of the molecule is CC(=O)N1c2ccc(-c3ccc(S(=O)(=O)CCN)cc3)cc2N(C(=O)O)C[C@@H]1C. The minimum Gasteiger partial charge on any atom is -0.465 e. The molecule has 0 saturated heterocycles. The summed E-state index contributed by atoms with van der Waals surface area (Å²) in [6, 6.07) is 11.3. The summed E-state index contributed by atoms with van der Waals surface area (Å²) >= 11 is 0. The van der Waals surface area contributed by atoms with Crippen LogP contribution in [0.1, 0.15) is 13.8 Å². The van der Waals surface area contributed by atoms with E-state index in [0.29, 0.717) is 11.4 Å². The number of fused-ring (bicyclic) bond motifs is 1. The molecule has 0 bridgehead atoms. The van der Waals surface area contributed by atoms with Gasteiger partial charge in [0.05, 0.1) is 28.1 Å². The lowest BCUT2D eigenvalue weighted by atomic mass is 10.0. The summed E-state index contributed by atoms with van der Waals surface area (Å²) in [6.07, 6.45) is -1.10. The number of anilines is 2. The largest absolute Gasteiger partial charge is 0.465 e. The zero-order valence-electron chi connectivity index (χ0n) is 16.2. The fraction of sp³-hybridized carbons (Fsp3) is 0.300. The van der Waals surface area contributed by atoms with Crippen molar-refractivity contribution in [1.82, 2.24) is 0 Å². The Labute approximate surface area is 169 Å². The van der Waals surface area contributed by atoms with Crippen molar-refractivity contribution < 1.29 is 23.1 Å². The molecule has 154 valence electrons. The molecule has 3 N–H and O–H groups in total. The molecule has 0 aromatic heterocycles. The molecule has 0 saturated carbocycles. The Morgan fingerprint density at radius 3 is 2.28 bits per heavy atom. The molecular formula is C20H23N3O5S. The van der Waals surface area contributed by atoms with E-state index in [1.54, 1.807) is 42.2 Å². The zero-order chi connectivity index (χ0) is 21.3. The molecule has 3 rings (SSSR count). The molecule has 0 radical (unpaired) electrons. The number of sulfone groups is 1. The molecule has 0 fully saturated rings. The van der Waals surface area contributed by atoms with E-state index in [0.717, 1.165) is 11.1 Å². The molecule has 2 aromatic rings. The molecule has 29 heavy (non-hydrogen) atoms. The lowest BCUT2D eigenvalue weighted by molar-refractivity contribution is -0.117. The highest BCUT2D eigenvalue weighted by Gasteiger charge is 2.33. The first-order chi connectivity index (χ1) is 13.7. The van der Waals surface area contributed by atoms with E-state index in [4.69, 9.17) is 5.73 Å². The number of nitrogens with two attached hydrogens (primary N) is 1. The summed E-state index contributed by atoms with van der Waals surface area (Å²) in [4.78, 5) is 26.8. The highest BCUT2D eigenvalue weighted by molar-refractivity contribution is 7.91. The Kier molecular flexibility index (Phi) is 5.63. The minimum absolute atomic E-state index is 0.0466. The van der Waals surface area contributed by atoms with Crippen molar-refractivity contribution in [2.75, 3.05) is 28.6 Å². The Balaban J connectivity index is 2.04. The number of carbonyl (C=O) groups excluding carboxylic acids is 1. The predicted octanol–water partition coefficient (Wildman–Crippen LogP) is 2.33. The van der Waals surface area contributed by atoms with Crippen LogP contribution in [0.25, 0.3) is 11.1 Å². The molecule has 2 aromatic carbocycles. The summed E-state index contributed by atoms with van der Waals surface area (Å²) in [5, 5.41) is 9.61. The van der Waals surface area contributed by atoms with Crippen LogP contribution in [0.15, 0.2) is 47.4 Å². The fourth-order valence-electron chi connectivity index (χ4n) is 3.59. The molecule has 9 heteroatoms. The number of carboxylic acid groups (broad SMARTS) is 1. The second-order valence-electron chi connectivity index (χ2n) is 6.97. The summed E-state index contributed by atoms with van der Waals surface area (Å²) in [5.41, 5.74) is 7.76. The number of nitrogens with zero attached hydrogens (tertiary/aromatic N) is 2. The quantitative estimate of drug-likeness (QED) is 0.787. The second-order valence-corrected chi connectivity index (χ2v) is 9.08. The maximum Gasteiger partial charge on any atom is 0.411 e. The number of rotatable bonds is 4. The van der Waals surface area contributed by atoms with E-state index in [-0.39, 0.29) is 35.7 Å². The third-order valence-electron chi connectivity index (χ3n) is 4.92. The van der Waals surface area contributed by atoms with Crippen LogP contribution in [-0.4, -0.2) is 50.4 Å². The van der Waals surface area contributed by atoms with Gasteiger partial charge in [-0.2, -0.15) is 0 Å². The fourth-order valence-corrected chi connectivity index (χ4v) is 4.69. The zero-order valence-corrected chi connectivity index (χ0v) is 17.0. The van der Waals surface area contributed by atoms with E-state index < -0.39 is 15.9 Å². The number of carbonyl (C=O) groups is 2. The summed E-state index contributed by atoms with van der Waals surface area (Å²) in [7, 11) is -3.42. The maximum absolute atomic E-state index is 12.1. The first kappa shape index (κ1) is 20.8. The molecule has 1 atom stereocenters.